The molecule has 0 aliphatic carbocycles. The van der Waals surface area contributed by atoms with Crippen LogP contribution < -0.4 is 9.46 Å². The zero-order chi connectivity index (χ0) is 18.6. The van der Waals surface area contributed by atoms with Crippen molar-refractivity contribution in [3.8, 4) is 5.75 Å². The molecule has 0 unspecified atom stereocenters. The quantitative estimate of drug-likeness (QED) is 0.546. The average molecular weight is 367 g/mol. The van der Waals surface area contributed by atoms with Crippen LogP contribution in [0.4, 0.5) is 5.69 Å². The number of hydrogen-bond acceptors (Lipinski definition) is 4. The predicted molar refractivity (Wildman–Crippen MR) is 99.8 cm³/mol. The minimum absolute atomic E-state index is 0.153. The van der Waals surface area contributed by atoms with Gasteiger partial charge in [-0.25, -0.2) is 13.2 Å². The molecule has 26 heavy (non-hydrogen) atoms. The van der Waals surface area contributed by atoms with Gasteiger partial charge >= 0.3 is 5.97 Å². The summed E-state index contributed by atoms with van der Waals surface area (Å²) in [6.07, 6.45) is 0. The zero-order valence-corrected chi connectivity index (χ0v) is 14.9. The molecule has 0 atom stereocenters. The summed E-state index contributed by atoms with van der Waals surface area (Å²) < 4.78 is 32.7. The number of ether oxygens (including phenoxy) is 1. The van der Waals surface area contributed by atoms with Gasteiger partial charge in [-0.15, -0.1) is 0 Å². The fourth-order valence-corrected chi connectivity index (χ4v) is 3.35. The number of para-hydroxylation sites is 1. The lowest BCUT2D eigenvalue weighted by Crippen LogP contribution is -2.14. The van der Waals surface area contributed by atoms with Crippen LogP contribution >= 0.6 is 0 Å². The summed E-state index contributed by atoms with van der Waals surface area (Å²) in [7, 11) is -3.73. The summed E-state index contributed by atoms with van der Waals surface area (Å²) in [5, 5.41) is 0. The van der Waals surface area contributed by atoms with Gasteiger partial charge in [0, 0.05) is 5.69 Å². The van der Waals surface area contributed by atoms with Crippen molar-refractivity contribution in [3.63, 3.8) is 0 Å². The van der Waals surface area contributed by atoms with Crippen LogP contribution in [0.15, 0.2) is 83.8 Å². The third-order valence-electron chi connectivity index (χ3n) is 3.64. The Bertz CT molecular complexity index is 1010. The van der Waals surface area contributed by atoms with Crippen molar-refractivity contribution in [2.24, 2.45) is 0 Å². The number of nitrogens with one attached hydrogen (secondary N) is 1. The first-order valence-corrected chi connectivity index (χ1v) is 9.39. The molecule has 0 saturated heterocycles. The van der Waals surface area contributed by atoms with Crippen LogP contribution in [0.1, 0.15) is 15.9 Å². The first kappa shape index (κ1) is 17.7. The number of anilines is 1. The number of carbonyl (C=O) groups is 1. The second-order valence-electron chi connectivity index (χ2n) is 5.70. The van der Waals surface area contributed by atoms with Crippen LogP contribution in [0.5, 0.6) is 5.75 Å². The number of aryl methyl sites for hydroxylation is 1. The summed E-state index contributed by atoms with van der Waals surface area (Å²) >= 11 is 0. The SMILES string of the molecule is Cc1ccc(S(=O)(=O)Nc2cccc(C(=O)Oc3ccccc3)c2)cc1. The van der Waals surface area contributed by atoms with Gasteiger partial charge in [-0.1, -0.05) is 42.0 Å². The molecule has 5 nitrogen and oxygen atoms in total. The van der Waals surface area contributed by atoms with Crippen molar-refractivity contribution < 1.29 is 17.9 Å². The van der Waals surface area contributed by atoms with E-state index >= 15 is 0 Å². The Morgan fingerprint density at radius 2 is 1.58 bits per heavy atom. The molecule has 0 spiro atoms. The lowest BCUT2D eigenvalue weighted by Gasteiger charge is -2.10. The second-order valence-corrected chi connectivity index (χ2v) is 7.38. The molecule has 0 aliphatic rings. The minimum Gasteiger partial charge on any atom is -0.423 e. The molecule has 0 bridgehead atoms. The van der Waals surface area contributed by atoms with E-state index in [9.17, 15) is 13.2 Å². The summed E-state index contributed by atoms with van der Waals surface area (Å²) in [5.74, 6) is -0.143. The van der Waals surface area contributed by atoms with Gasteiger partial charge in [-0.05, 0) is 49.4 Å². The Morgan fingerprint density at radius 3 is 2.27 bits per heavy atom. The molecule has 3 aromatic rings. The van der Waals surface area contributed by atoms with Crippen molar-refractivity contribution >= 4 is 21.7 Å². The van der Waals surface area contributed by atoms with Crippen molar-refractivity contribution in [1.82, 2.24) is 0 Å². The lowest BCUT2D eigenvalue weighted by atomic mass is 10.2. The average Bonchev–Trinajstić information content (AvgIpc) is 2.63. The van der Waals surface area contributed by atoms with Crippen molar-refractivity contribution in [2.75, 3.05) is 4.72 Å². The van der Waals surface area contributed by atoms with Gasteiger partial charge in [-0.3, -0.25) is 4.72 Å². The van der Waals surface area contributed by atoms with E-state index in [1.807, 2.05) is 13.0 Å². The standard InChI is InChI=1S/C20H17NO4S/c1-15-10-12-19(13-11-15)26(23,24)21-17-7-5-6-16(14-17)20(22)25-18-8-3-2-4-9-18/h2-14,21H,1H3. The Kier molecular flexibility index (Phi) is 5.04. The molecular weight excluding hydrogens is 350 g/mol. The van der Waals surface area contributed by atoms with Crippen LogP contribution in [0, 0.1) is 6.92 Å². The van der Waals surface area contributed by atoms with Gasteiger partial charge < -0.3 is 4.74 Å². The summed E-state index contributed by atoms with van der Waals surface area (Å²) in [4.78, 5) is 12.4. The molecule has 3 rings (SSSR count). The molecule has 0 saturated carbocycles. The second kappa shape index (κ2) is 7.41. The Morgan fingerprint density at radius 1 is 0.885 bits per heavy atom. The van der Waals surface area contributed by atoms with Gasteiger partial charge in [0.1, 0.15) is 5.75 Å². The maximum atomic E-state index is 12.5. The largest absolute Gasteiger partial charge is 0.423 e. The Hall–Kier alpha value is -3.12. The van der Waals surface area contributed by atoms with Crippen LogP contribution in [-0.2, 0) is 10.0 Å². The van der Waals surface area contributed by atoms with E-state index in [1.54, 1.807) is 54.6 Å². The number of hydrogen-bond donors (Lipinski definition) is 1. The Labute approximate surface area is 152 Å². The molecule has 0 amide bonds. The lowest BCUT2D eigenvalue weighted by molar-refractivity contribution is 0.0735. The molecule has 1 N–H and O–H groups in total. The molecule has 0 fully saturated rings. The molecule has 0 heterocycles. The smallest absolute Gasteiger partial charge is 0.343 e. The number of benzene rings is 3. The van der Waals surface area contributed by atoms with Crippen molar-refractivity contribution in [3.05, 3.63) is 90.0 Å². The fraction of sp³-hybridized carbons (Fsp3) is 0.0500. The molecule has 0 radical (unpaired) electrons. The summed E-state index contributed by atoms with van der Waals surface area (Å²) in [6, 6.07) is 21.4. The predicted octanol–water partition coefficient (Wildman–Crippen LogP) is 4.02. The molecule has 3 aromatic carbocycles. The highest BCUT2D eigenvalue weighted by atomic mass is 32.2. The van der Waals surface area contributed by atoms with E-state index in [2.05, 4.69) is 4.72 Å². The topological polar surface area (TPSA) is 72.5 Å². The van der Waals surface area contributed by atoms with E-state index in [-0.39, 0.29) is 16.1 Å². The van der Waals surface area contributed by atoms with Gasteiger partial charge in [0.25, 0.3) is 10.0 Å². The molecule has 6 heteroatoms. The van der Waals surface area contributed by atoms with Crippen molar-refractivity contribution in [2.45, 2.75) is 11.8 Å². The van der Waals surface area contributed by atoms with Gasteiger partial charge in [-0.2, -0.15) is 0 Å². The van der Waals surface area contributed by atoms with E-state index < -0.39 is 16.0 Å². The molecule has 132 valence electrons. The maximum absolute atomic E-state index is 12.5. The van der Waals surface area contributed by atoms with Crippen LogP contribution in [0.3, 0.4) is 0 Å². The monoisotopic (exact) mass is 367 g/mol. The van der Waals surface area contributed by atoms with E-state index in [4.69, 9.17) is 4.74 Å². The third kappa shape index (κ3) is 4.29. The highest BCUT2D eigenvalue weighted by Crippen LogP contribution is 2.19. The van der Waals surface area contributed by atoms with Crippen LogP contribution in [0.25, 0.3) is 0 Å². The maximum Gasteiger partial charge on any atom is 0.343 e. The number of carbonyl (C=O) groups excluding carboxylic acids is 1. The zero-order valence-electron chi connectivity index (χ0n) is 14.0. The summed E-state index contributed by atoms with van der Waals surface area (Å²) in [5.41, 5.74) is 1.50. The number of esters is 1. The third-order valence-corrected chi connectivity index (χ3v) is 5.03. The van der Waals surface area contributed by atoms with E-state index in [1.165, 1.54) is 18.2 Å². The van der Waals surface area contributed by atoms with E-state index in [0.717, 1.165) is 5.56 Å². The normalized spacial score (nSPS) is 11.0. The highest BCUT2D eigenvalue weighted by molar-refractivity contribution is 7.92. The van der Waals surface area contributed by atoms with Crippen LogP contribution in [-0.4, -0.2) is 14.4 Å². The van der Waals surface area contributed by atoms with Crippen molar-refractivity contribution in [1.29, 1.82) is 0 Å². The number of rotatable bonds is 5. The van der Waals surface area contributed by atoms with Gasteiger partial charge in [0.05, 0.1) is 10.5 Å². The van der Waals surface area contributed by atoms with Crippen LogP contribution in [0.2, 0.25) is 0 Å². The van der Waals surface area contributed by atoms with E-state index in [0.29, 0.717) is 5.75 Å². The first-order valence-electron chi connectivity index (χ1n) is 7.91. The van der Waals surface area contributed by atoms with Gasteiger partial charge in [0.15, 0.2) is 0 Å². The fourth-order valence-electron chi connectivity index (χ4n) is 2.30. The first-order chi connectivity index (χ1) is 12.4. The highest BCUT2D eigenvalue weighted by Gasteiger charge is 2.15. The summed E-state index contributed by atoms with van der Waals surface area (Å²) in [6.45, 7) is 1.88. The Balaban J connectivity index is 1.78. The number of sulfonamides is 1. The minimum atomic E-state index is -3.73. The molecular formula is C20H17NO4S. The molecule has 0 aliphatic heterocycles. The molecule has 0 aromatic heterocycles. The van der Waals surface area contributed by atoms with Gasteiger partial charge in [0.2, 0.25) is 0 Å².